The fraction of sp³-hybridized carbons (Fsp3) is 0.722. The van der Waals surface area contributed by atoms with E-state index in [0.717, 1.165) is 18.9 Å². The van der Waals surface area contributed by atoms with Crippen LogP contribution in [-0.4, -0.2) is 29.0 Å². The van der Waals surface area contributed by atoms with Gasteiger partial charge in [-0.05, 0) is 55.3 Å². The topological polar surface area (TPSA) is 42.1 Å². The number of aromatic nitrogens is 1. The van der Waals surface area contributed by atoms with Crippen molar-refractivity contribution in [1.82, 2.24) is 9.88 Å². The Morgan fingerprint density at radius 1 is 1.29 bits per heavy atom. The van der Waals surface area contributed by atoms with Crippen molar-refractivity contribution in [3.05, 3.63) is 30.1 Å². The average Bonchev–Trinajstić information content (AvgIpc) is 2.48. The van der Waals surface area contributed by atoms with Crippen molar-refractivity contribution in [2.45, 2.75) is 65.1 Å². The molecule has 2 N–H and O–H groups in total. The summed E-state index contributed by atoms with van der Waals surface area (Å²) < 4.78 is 0. The molecule has 1 fully saturated rings. The molecule has 21 heavy (non-hydrogen) atoms. The summed E-state index contributed by atoms with van der Waals surface area (Å²) in [6, 6.07) is 4.99. The molecule has 1 aromatic rings. The first kappa shape index (κ1) is 16.4. The van der Waals surface area contributed by atoms with Gasteiger partial charge in [-0.25, -0.2) is 0 Å². The van der Waals surface area contributed by atoms with Crippen LogP contribution in [0, 0.1) is 11.3 Å². The summed E-state index contributed by atoms with van der Waals surface area (Å²) in [4.78, 5) is 6.53. The van der Waals surface area contributed by atoms with E-state index in [4.69, 9.17) is 5.73 Å². The molecule has 0 aliphatic heterocycles. The lowest BCUT2D eigenvalue weighted by atomic mass is 9.67. The Bertz CT molecular complexity index is 429. The van der Waals surface area contributed by atoms with Gasteiger partial charge in [0.1, 0.15) is 0 Å². The smallest absolute Gasteiger partial charge is 0.0271 e. The van der Waals surface area contributed by atoms with Gasteiger partial charge in [0.25, 0.3) is 0 Å². The summed E-state index contributed by atoms with van der Waals surface area (Å²) in [5, 5.41) is 0. The van der Waals surface area contributed by atoms with Crippen molar-refractivity contribution >= 4 is 0 Å². The van der Waals surface area contributed by atoms with Gasteiger partial charge in [-0.1, -0.05) is 27.2 Å². The van der Waals surface area contributed by atoms with E-state index in [9.17, 15) is 0 Å². The molecule has 1 heterocycles. The SMILES string of the molecule is CCC(C)(C)C1CCC(N)C(N(C)Cc2ccncc2)C1. The molecule has 1 aromatic heterocycles. The zero-order chi connectivity index (χ0) is 15.5. The van der Waals surface area contributed by atoms with Gasteiger partial charge in [-0.3, -0.25) is 9.88 Å². The molecule has 0 radical (unpaired) electrons. The van der Waals surface area contributed by atoms with E-state index in [-0.39, 0.29) is 0 Å². The molecule has 0 saturated heterocycles. The van der Waals surface area contributed by atoms with E-state index in [1.54, 1.807) is 0 Å². The highest BCUT2D eigenvalue weighted by Gasteiger charge is 2.37. The summed E-state index contributed by atoms with van der Waals surface area (Å²) in [5.74, 6) is 0.784. The number of nitrogens with zero attached hydrogens (tertiary/aromatic N) is 2. The van der Waals surface area contributed by atoms with E-state index in [1.807, 2.05) is 12.4 Å². The van der Waals surface area contributed by atoms with Crippen molar-refractivity contribution in [1.29, 1.82) is 0 Å². The van der Waals surface area contributed by atoms with E-state index < -0.39 is 0 Å². The zero-order valence-electron chi connectivity index (χ0n) is 14.0. The molecule has 2 rings (SSSR count). The predicted octanol–water partition coefficient (Wildman–Crippen LogP) is 3.45. The number of rotatable bonds is 5. The predicted molar refractivity (Wildman–Crippen MR) is 88.9 cm³/mol. The molecule has 1 aliphatic rings. The van der Waals surface area contributed by atoms with Gasteiger partial charge in [0.05, 0.1) is 0 Å². The third-order valence-electron chi connectivity index (χ3n) is 5.63. The highest BCUT2D eigenvalue weighted by molar-refractivity contribution is 5.10. The zero-order valence-corrected chi connectivity index (χ0v) is 14.0. The minimum absolute atomic E-state index is 0.306. The summed E-state index contributed by atoms with van der Waals surface area (Å²) in [6.45, 7) is 8.09. The van der Waals surface area contributed by atoms with E-state index >= 15 is 0 Å². The Morgan fingerprint density at radius 3 is 2.57 bits per heavy atom. The summed E-state index contributed by atoms with van der Waals surface area (Å²) >= 11 is 0. The lowest BCUT2D eigenvalue weighted by Crippen LogP contribution is -2.51. The van der Waals surface area contributed by atoms with E-state index in [2.05, 4.69) is 49.8 Å². The molecule has 3 heteroatoms. The van der Waals surface area contributed by atoms with Crippen LogP contribution in [0.15, 0.2) is 24.5 Å². The third-order valence-corrected chi connectivity index (χ3v) is 5.63. The van der Waals surface area contributed by atoms with Crippen LogP contribution in [-0.2, 0) is 6.54 Å². The Kier molecular flexibility index (Phi) is 5.39. The van der Waals surface area contributed by atoms with Crippen LogP contribution in [0.3, 0.4) is 0 Å². The second-order valence-corrected chi connectivity index (χ2v) is 7.35. The molecule has 3 nitrogen and oxygen atoms in total. The fourth-order valence-corrected chi connectivity index (χ4v) is 3.57. The van der Waals surface area contributed by atoms with Gasteiger partial charge in [0.2, 0.25) is 0 Å². The number of pyridine rings is 1. The van der Waals surface area contributed by atoms with Crippen LogP contribution in [0.5, 0.6) is 0 Å². The minimum Gasteiger partial charge on any atom is -0.326 e. The minimum atomic E-state index is 0.306. The maximum Gasteiger partial charge on any atom is 0.0271 e. The number of hydrogen-bond donors (Lipinski definition) is 1. The second kappa shape index (κ2) is 6.89. The first-order valence-electron chi connectivity index (χ1n) is 8.28. The second-order valence-electron chi connectivity index (χ2n) is 7.35. The molecular formula is C18H31N3. The molecule has 118 valence electrons. The molecular weight excluding hydrogens is 258 g/mol. The van der Waals surface area contributed by atoms with Crippen LogP contribution < -0.4 is 5.73 Å². The average molecular weight is 289 g/mol. The third kappa shape index (κ3) is 4.04. The van der Waals surface area contributed by atoms with Crippen LogP contribution in [0.2, 0.25) is 0 Å². The van der Waals surface area contributed by atoms with Crippen LogP contribution in [0.4, 0.5) is 0 Å². The molecule has 3 unspecified atom stereocenters. The van der Waals surface area contributed by atoms with Crippen LogP contribution in [0.25, 0.3) is 0 Å². The van der Waals surface area contributed by atoms with Crippen LogP contribution in [0.1, 0.15) is 52.0 Å². The van der Waals surface area contributed by atoms with Gasteiger partial charge in [-0.15, -0.1) is 0 Å². The Balaban J connectivity index is 2.02. The fourth-order valence-electron chi connectivity index (χ4n) is 3.57. The highest BCUT2D eigenvalue weighted by atomic mass is 15.1. The molecule has 0 amide bonds. The summed E-state index contributed by atoms with van der Waals surface area (Å²) in [5.41, 5.74) is 8.17. The lowest BCUT2D eigenvalue weighted by molar-refractivity contribution is 0.0697. The van der Waals surface area contributed by atoms with E-state index in [0.29, 0.717) is 17.5 Å². The highest BCUT2D eigenvalue weighted by Crippen LogP contribution is 2.41. The molecule has 0 spiro atoms. The lowest BCUT2D eigenvalue weighted by Gasteiger charge is -2.45. The summed E-state index contributed by atoms with van der Waals surface area (Å²) in [7, 11) is 2.21. The Labute approximate surface area is 129 Å². The van der Waals surface area contributed by atoms with Crippen molar-refractivity contribution in [3.8, 4) is 0 Å². The maximum absolute atomic E-state index is 6.43. The first-order valence-corrected chi connectivity index (χ1v) is 8.28. The normalized spacial score (nSPS) is 27.0. The van der Waals surface area contributed by atoms with Gasteiger partial charge in [0, 0.05) is 31.0 Å². The molecule has 0 bridgehead atoms. The van der Waals surface area contributed by atoms with Crippen molar-refractivity contribution in [2.75, 3.05) is 7.05 Å². The van der Waals surface area contributed by atoms with Gasteiger partial charge >= 0.3 is 0 Å². The first-order chi connectivity index (χ1) is 9.94. The monoisotopic (exact) mass is 289 g/mol. The number of hydrogen-bond acceptors (Lipinski definition) is 3. The van der Waals surface area contributed by atoms with Gasteiger partial charge in [-0.2, -0.15) is 0 Å². The summed E-state index contributed by atoms with van der Waals surface area (Å²) in [6.07, 6.45) is 8.64. The number of likely N-dealkylation sites (N-methyl/N-ethyl adjacent to an activating group) is 1. The molecule has 3 atom stereocenters. The van der Waals surface area contributed by atoms with Crippen molar-refractivity contribution < 1.29 is 0 Å². The largest absolute Gasteiger partial charge is 0.326 e. The quantitative estimate of drug-likeness (QED) is 0.903. The standard InChI is InChI=1S/C18H31N3/c1-5-18(2,3)15-6-7-16(19)17(12-15)21(4)13-14-8-10-20-11-9-14/h8-11,15-17H,5-7,12-13,19H2,1-4H3. The number of nitrogens with two attached hydrogens (primary N) is 1. The maximum atomic E-state index is 6.43. The van der Waals surface area contributed by atoms with Gasteiger partial charge < -0.3 is 5.73 Å². The van der Waals surface area contributed by atoms with Crippen LogP contribution >= 0.6 is 0 Å². The van der Waals surface area contributed by atoms with E-state index in [1.165, 1.54) is 24.8 Å². The van der Waals surface area contributed by atoms with Crippen molar-refractivity contribution in [3.63, 3.8) is 0 Å². The molecule has 0 aromatic carbocycles. The molecule has 1 aliphatic carbocycles. The van der Waals surface area contributed by atoms with Gasteiger partial charge in [0.15, 0.2) is 0 Å². The molecule has 1 saturated carbocycles. The Morgan fingerprint density at radius 2 is 1.95 bits per heavy atom. The Hall–Kier alpha value is -0.930. The van der Waals surface area contributed by atoms with Crippen molar-refractivity contribution in [2.24, 2.45) is 17.1 Å².